The van der Waals surface area contributed by atoms with Crippen LogP contribution in [0.1, 0.15) is 16.1 Å². The van der Waals surface area contributed by atoms with Gasteiger partial charge in [-0.15, -0.1) is 0 Å². The van der Waals surface area contributed by atoms with Crippen molar-refractivity contribution in [3.63, 3.8) is 0 Å². The zero-order valence-corrected chi connectivity index (χ0v) is 16.4. The van der Waals surface area contributed by atoms with E-state index in [2.05, 4.69) is 5.32 Å². The van der Waals surface area contributed by atoms with Crippen molar-refractivity contribution in [2.75, 3.05) is 5.73 Å². The number of benzene rings is 2. The summed E-state index contributed by atoms with van der Waals surface area (Å²) in [5.41, 5.74) is 9.70. The van der Waals surface area contributed by atoms with Gasteiger partial charge in [-0.2, -0.15) is 0 Å². The molecule has 0 aliphatic heterocycles. The minimum absolute atomic E-state index is 0.232. The molecule has 2 aromatic carbocycles. The number of halogens is 1. The van der Waals surface area contributed by atoms with Crippen LogP contribution in [-0.4, -0.2) is 20.4 Å². The van der Waals surface area contributed by atoms with Crippen LogP contribution in [0.2, 0.25) is 5.02 Å². The van der Waals surface area contributed by atoms with E-state index in [4.69, 9.17) is 31.7 Å². The van der Waals surface area contributed by atoms with Crippen molar-refractivity contribution in [2.24, 2.45) is 0 Å². The van der Waals surface area contributed by atoms with Gasteiger partial charge in [0.1, 0.15) is 22.7 Å². The number of carbonyl (C=O) groups is 1. The lowest BCUT2D eigenvalue weighted by Crippen LogP contribution is -2.23. The fourth-order valence-corrected chi connectivity index (χ4v) is 3.62. The van der Waals surface area contributed by atoms with Crippen molar-refractivity contribution in [1.82, 2.24) is 19.9 Å². The Morgan fingerprint density at radius 3 is 2.60 bits per heavy atom. The maximum absolute atomic E-state index is 13.1. The number of para-hydroxylation sites is 2. The summed E-state index contributed by atoms with van der Waals surface area (Å²) < 4.78 is 6.99. The summed E-state index contributed by atoms with van der Waals surface area (Å²) in [4.78, 5) is 22.5. The lowest BCUT2D eigenvalue weighted by Gasteiger charge is -2.08. The molecule has 5 aromatic rings. The number of rotatable bonds is 4. The molecule has 0 saturated carbocycles. The van der Waals surface area contributed by atoms with Crippen LogP contribution < -0.4 is 11.1 Å². The highest BCUT2D eigenvalue weighted by atomic mass is 35.5. The van der Waals surface area contributed by atoms with E-state index >= 15 is 0 Å². The number of hydrogen-bond donors (Lipinski definition) is 2. The molecule has 0 aliphatic rings. The largest absolute Gasteiger partial charge is 0.467 e. The van der Waals surface area contributed by atoms with Crippen molar-refractivity contribution < 1.29 is 9.21 Å². The second-order valence-electron chi connectivity index (χ2n) is 6.72. The van der Waals surface area contributed by atoms with Crippen LogP contribution in [0.5, 0.6) is 0 Å². The lowest BCUT2D eigenvalue weighted by atomic mass is 10.2. The molecule has 0 aliphatic carbocycles. The molecule has 5 rings (SSSR count). The van der Waals surface area contributed by atoms with Crippen molar-refractivity contribution >= 4 is 45.5 Å². The lowest BCUT2D eigenvalue weighted by molar-refractivity contribution is 0.0950. The number of nitrogens with zero attached hydrogens (tertiary/aromatic N) is 3. The van der Waals surface area contributed by atoms with Gasteiger partial charge in [0.05, 0.1) is 29.5 Å². The highest BCUT2D eigenvalue weighted by molar-refractivity contribution is 6.30. The molecule has 0 saturated heterocycles. The molecule has 3 heterocycles. The Kier molecular flexibility index (Phi) is 4.37. The molecule has 0 radical (unpaired) electrons. The van der Waals surface area contributed by atoms with E-state index < -0.39 is 0 Å². The number of amides is 1. The van der Waals surface area contributed by atoms with E-state index in [1.54, 1.807) is 35.1 Å². The molecule has 0 unspecified atom stereocenters. The predicted octanol–water partition coefficient (Wildman–Crippen LogP) is 4.33. The van der Waals surface area contributed by atoms with Crippen LogP contribution in [0, 0.1) is 0 Å². The van der Waals surface area contributed by atoms with Gasteiger partial charge in [0.25, 0.3) is 5.91 Å². The van der Waals surface area contributed by atoms with Crippen LogP contribution in [0.15, 0.2) is 71.3 Å². The molecule has 0 fully saturated rings. The Morgan fingerprint density at radius 1 is 1.07 bits per heavy atom. The number of fused-ring (bicyclic) bond motifs is 2. The summed E-state index contributed by atoms with van der Waals surface area (Å²) in [7, 11) is 0. The number of nitrogens with one attached hydrogen (secondary N) is 1. The maximum atomic E-state index is 13.1. The van der Waals surface area contributed by atoms with Crippen LogP contribution >= 0.6 is 11.6 Å². The van der Waals surface area contributed by atoms with Gasteiger partial charge in [0.15, 0.2) is 5.65 Å². The number of nitrogens with two attached hydrogens (primary N) is 1. The fourth-order valence-electron chi connectivity index (χ4n) is 3.43. The Bertz CT molecular complexity index is 1390. The van der Waals surface area contributed by atoms with Crippen LogP contribution in [-0.2, 0) is 6.54 Å². The first-order chi connectivity index (χ1) is 14.6. The van der Waals surface area contributed by atoms with Crippen LogP contribution in [0.25, 0.3) is 27.9 Å². The Labute approximate surface area is 176 Å². The van der Waals surface area contributed by atoms with Gasteiger partial charge in [-0.1, -0.05) is 29.8 Å². The van der Waals surface area contributed by atoms with Gasteiger partial charge in [-0.3, -0.25) is 9.36 Å². The quantitative estimate of drug-likeness (QED) is 0.453. The average Bonchev–Trinajstić information content (AvgIpc) is 3.35. The number of aromatic nitrogens is 3. The second kappa shape index (κ2) is 7.20. The molecule has 8 heteroatoms. The zero-order chi connectivity index (χ0) is 20.7. The number of anilines is 1. The summed E-state index contributed by atoms with van der Waals surface area (Å²) in [5.74, 6) is 0.510. The van der Waals surface area contributed by atoms with E-state index in [0.717, 1.165) is 0 Å². The van der Waals surface area contributed by atoms with Crippen LogP contribution in [0.3, 0.4) is 0 Å². The van der Waals surface area contributed by atoms with E-state index in [1.165, 1.54) is 0 Å². The van der Waals surface area contributed by atoms with Gasteiger partial charge in [0, 0.05) is 5.02 Å². The number of nitrogen functional groups attached to an aromatic ring is 1. The third kappa shape index (κ3) is 3.05. The standard InChI is InChI=1S/C22H16ClN5O2/c23-13-5-3-6-14(11-13)28-20(24)18(22(29)25-12-15-7-4-10-30-15)19-21(28)27-17-9-2-1-8-16(17)26-19/h1-11H,12,24H2,(H,25,29). The van der Waals surface area contributed by atoms with Gasteiger partial charge in [-0.05, 0) is 42.5 Å². The molecule has 0 bridgehead atoms. The summed E-state index contributed by atoms with van der Waals surface area (Å²) in [6.45, 7) is 0.232. The van der Waals surface area contributed by atoms with E-state index in [-0.39, 0.29) is 23.8 Å². The molecule has 148 valence electrons. The minimum Gasteiger partial charge on any atom is -0.467 e. The normalized spacial score (nSPS) is 11.2. The summed E-state index contributed by atoms with van der Waals surface area (Å²) in [6, 6.07) is 18.2. The zero-order valence-electron chi connectivity index (χ0n) is 15.7. The third-order valence-electron chi connectivity index (χ3n) is 4.79. The molecule has 30 heavy (non-hydrogen) atoms. The SMILES string of the molecule is Nc1c(C(=O)NCc2ccco2)c2nc3ccccc3nc2n1-c1cccc(Cl)c1. The van der Waals surface area contributed by atoms with Crippen molar-refractivity contribution in [2.45, 2.75) is 6.54 Å². The first kappa shape index (κ1) is 18.2. The molecular weight excluding hydrogens is 402 g/mol. The molecule has 0 atom stereocenters. The Hall–Kier alpha value is -3.84. The monoisotopic (exact) mass is 417 g/mol. The third-order valence-corrected chi connectivity index (χ3v) is 5.03. The van der Waals surface area contributed by atoms with Crippen molar-refractivity contribution in [1.29, 1.82) is 0 Å². The average molecular weight is 418 g/mol. The second-order valence-corrected chi connectivity index (χ2v) is 7.16. The predicted molar refractivity (Wildman–Crippen MR) is 116 cm³/mol. The maximum Gasteiger partial charge on any atom is 0.257 e. The molecule has 3 N–H and O–H groups in total. The van der Waals surface area contributed by atoms with Gasteiger partial charge in [0.2, 0.25) is 0 Å². The van der Waals surface area contributed by atoms with Crippen molar-refractivity contribution in [3.8, 4) is 5.69 Å². The number of hydrogen-bond acceptors (Lipinski definition) is 5. The minimum atomic E-state index is -0.362. The smallest absolute Gasteiger partial charge is 0.257 e. The first-order valence-corrected chi connectivity index (χ1v) is 9.63. The van der Waals surface area contributed by atoms with Crippen LogP contribution in [0.4, 0.5) is 5.82 Å². The van der Waals surface area contributed by atoms with Gasteiger partial charge >= 0.3 is 0 Å². The first-order valence-electron chi connectivity index (χ1n) is 9.25. The van der Waals surface area contributed by atoms with E-state index in [9.17, 15) is 4.79 Å². The summed E-state index contributed by atoms with van der Waals surface area (Å²) >= 11 is 6.19. The Balaban J connectivity index is 1.71. The summed E-state index contributed by atoms with van der Waals surface area (Å²) in [6.07, 6.45) is 1.55. The molecule has 3 aromatic heterocycles. The molecule has 7 nitrogen and oxygen atoms in total. The molecule has 0 spiro atoms. The number of carbonyl (C=O) groups excluding carboxylic acids is 1. The van der Waals surface area contributed by atoms with Gasteiger partial charge < -0.3 is 15.5 Å². The summed E-state index contributed by atoms with van der Waals surface area (Å²) in [5, 5.41) is 3.39. The Morgan fingerprint density at radius 2 is 1.87 bits per heavy atom. The highest BCUT2D eigenvalue weighted by Crippen LogP contribution is 2.31. The fraction of sp³-hybridized carbons (Fsp3) is 0.0455. The molecular formula is C22H16ClN5O2. The highest BCUT2D eigenvalue weighted by Gasteiger charge is 2.25. The topological polar surface area (TPSA) is 99.0 Å². The van der Waals surface area contributed by atoms with Crippen molar-refractivity contribution in [3.05, 3.63) is 83.3 Å². The van der Waals surface area contributed by atoms with E-state index in [1.807, 2.05) is 36.4 Å². The molecule has 1 amide bonds. The number of furan rings is 1. The van der Waals surface area contributed by atoms with Gasteiger partial charge in [-0.25, -0.2) is 9.97 Å². The van der Waals surface area contributed by atoms with E-state index in [0.29, 0.717) is 38.7 Å².